The van der Waals surface area contributed by atoms with Gasteiger partial charge >= 0.3 is 6.18 Å². The van der Waals surface area contributed by atoms with E-state index in [0.717, 1.165) is 42.4 Å². The summed E-state index contributed by atoms with van der Waals surface area (Å²) in [4.78, 5) is 0. The highest BCUT2D eigenvalue weighted by molar-refractivity contribution is 5.57. The lowest BCUT2D eigenvalue weighted by atomic mass is 9.65. The Morgan fingerprint density at radius 1 is 0.806 bits per heavy atom. The highest BCUT2D eigenvalue weighted by Crippen LogP contribution is 2.46. The summed E-state index contributed by atoms with van der Waals surface area (Å²) in [5.41, 5.74) is -1.38. The molecule has 3 saturated carbocycles. The number of allylic oxidation sites excluding steroid dienone is 1. The Labute approximate surface area is 215 Å². The molecule has 0 unspecified atom stereocenters. The maximum atomic E-state index is 14.8. The quantitative estimate of drug-likeness (QED) is 0.333. The fourth-order valence-corrected chi connectivity index (χ4v) is 7.23. The fraction of sp³-hybridized carbons (Fsp3) is 0.742. The molecule has 0 aromatic heterocycles. The Bertz CT molecular complexity index is 852. The largest absolute Gasteiger partial charge is 0.490 e. The van der Waals surface area contributed by atoms with Crippen molar-refractivity contribution in [2.45, 2.75) is 103 Å². The third-order valence-electron chi connectivity index (χ3n) is 9.53. The molecule has 3 aliphatic rings. The van der Waals surface area contributed by atoms with Gasteiger partial charge in [0.2, 0.25) is 0 Å². The van der Waals surface area contributed by atoms with Gasteiger partial charge in [0.15, 0.2) is 11.6 Å². The van der Waals surface area contributed by atoms with Crippen LogP contribution < -0.4 is 4.74 Å². The van der Waals surface area contributed by atoms with Gasteiger partial charge in [0.1, 0.15) is 5.56 Å². The minimum absolute atomic E-state index is 0.150. The molecule has 0 N–H and O–H groups in total. The average molecular weight is 509 g/mol. The number of benzene rings is 1. The van der Waals surface area contributed by atoms with Gasteiger partial charge < -0.3 is 4.74 Å². The molecular formula is C31H44F4O. The standard InChI is InChI=1S/C31H44F4O/c1-3-4-5-27-18-19-28(30(32)29(27)31(33,34)35)36-20-22-8-12-24(13-9-22)26-16-14-25(15-17-26)23-10-6-21(2)7-11-23/h4-5,18-19,21-26H,3,6-17,20H2,1-2H3. The fourth-order valence-electron chi connectivity index (χ4n) is 7.23. The van der Waals surface area contributed by atoms with Crippen LogP contribution in [0.1, 0.15) is 108 Å². The zero-order valence-corrected chi connectivity index (χ0v) is 22.1. The van der Waals surface area contributed by atoms with Gasteiger partial charge in [-0.15, -0.1) is 0 Å². The molecule has 0 amide bonds. The molecule has 0 heterocycles. The Morgan fingerprint density at radius 2 is 1.31 bits per heavy atom. The van der Waals surface area contributed by atoms with E-state index in [-0.39, 0.29) is 23.8 Å². The van der Waals surface area contributed by atoms with E-state index in [1.165, 1.54) is 82.4 Å². The van der Waals surface area contributed by atoms with Gasteiger partial charge in [0.05, 0.1) is 6.61 Å². The van der Waals surface area contributed by atoms with Crippen molar-refractivity contribution < 1.29 is 22.3 Å². The smallest absolute Gasteiger partial charge is 0.419 e. The molecule has 0 radical (unpaired) electrons. The van der Waals surface area contributed by atoms with E-state index in [1.54, 1.807) is 6.08 Å². The van der Waals surface area contributed by atoms with Crippen LogP contribution in [0.15, 0.2) is 18.2 Å². The van der Waals surface area contributed by atoms with Crippen molar-refractivity contribution >= 4 is 6.08 Å². The Balaban J connectivity index is 1.24. The van der Waals surface area contributed by atoms with Crippen molar-refractivity contribution in [3.8, 4) is 5.75 Å². The van der Waals surface area contributed by atoms with Crippen LogP contribution in [-0.2, 0) is 6.18 Å². The van der Waals surface area contributed by atoms with Crippen LogP contribution in [0.4, 0.5) is 17.6 Å². The van der Waals surface area contributed by atoms with E-state index >= 15 is 0 Å². The predicted molar refractivity (Wildman–Crippen MR) is 138 cm³/mol. The van der Waals surface area contributed by atoms with E-state index in [0.29, 0.717) is 6.42 Å². The van der Waals surface area contributed by atoms with E-state index in [4.69, 9.17) is 4.74 Å². The summed E-state index contributed by atoms with van der Waals surface area (Å²) in [5.74, 6) is 3.14. The summed E-state index contributed by atoms with van der Waals surface area (Å²) in [6, 6.07) is 2.66. The molecule has 0 spiro atoms. The first-order valence-electron chi connectivity index (χ1n) is 14.4. The first-order chi connectivity index (χ1) is 17.3. The Morgan fingerprint density at radius 3 is 1.81 bits per heavy atom. The van der Waals surface area contributed by atoms with Gasteiger partial charge in [-0.05, 0) is 118 Å². The molecule has 36 heavy (non-hydrogen) atoms. The average Bonchev–Trinajstić information content (AvgIpc) is 2.87. The molecule has 0 bridgehead atoms. The summed E-state index contributed by atoms with van der Waals surface area (Å²) in [7, 11) is 0. The second-order valence-electron chi connectivity index (χ2n) is 11.9. The number of ether oxygens (including phenoxy) is 1. The SMILES string of the molecule is CCC=Cc1ccc(OCC2CCC(C3CCC(C4CCC(C)CC4)CC3)CC2)c(F)c1C(F)(F)F. The van der Waals surface area contributed by atoms with Crippen molar-refractivity contribution in [3.63, 3.8) is 0 Å². The summed E-state index contributed by atoms with van der Waals surface area (Å²) in [5, 5.41) is 0. The van der Waals surface area contributed by atoms with Crippen LogP contribution in [0.3, 0.4) is 0 Å². The predicted octanol–water partition coefficient (Wildman–Crippen LogP) is 10.1. The molecule has 202 valence electrons. The Hall–Kier alpha value is -1.52. The molecule has 4 rings (SSSR count). The van der Waals surface area contributed by atoms with Crippen LogP contribution in [0.25, 0.3) is 6.08 Å². The molecule has 3 fully saturated rings. The zero-order valence-electron chi connectivity index (χ0n) is 22.1. The second kappa shape index (κ2) is 12.3. The number of alkyl halides is 3. The molecule has 3 aliphatic carbocycles. The summed E-state index contributed by atoms with van der Waals surface area (Å²) in [6.07, 6.45) is 14.4. The van der Waals surface area contributed by atoms with Crippen molar-refractivity contribution in [2.75, 3.05) is 6.61 Å². The number of rotatable bonds is 7. The maximum absolute atomic E-state index is 14.8. The minimum Gasteiger partial charge on any atom is -0.490 e. The van der Waals surface area contributed by atoms with Gasteiger partial charge in [0, 0.05) is 0 Å². The third-order valence-corrected chi connectivity index (χ3v) is 9.53. The first kappa shape index (κ1) is 27.5. The van der Waals surface area contributed by atoms with E-state index in [9.17, 15) is 17.6 Å². The molecule has 0 saturated heterocycles. The molecular weight excluding hydrogens is 464 g/mol. The highest BCUT2D eigenvalue weighted by atomic mass is 19.4. The van der Waals surface area contributed by atoms with E-state index in [1.807, 2.05) is 6.92 Å². The molecule has 1 aromatic rings. The zero-order chi connectivity index (χ0) is 25.7. The van der Waals surface area contributed by atoms with Gasteiger partial charge in [0.25, 0.3) is 0 Å². The maximum Gasteiger partial charge on any atom is 0.419 e. The molecule has 5 heteroatoms. The second-order valence-corrected chi connectivity index (χ2v) is 11.9. The molecule has 1 nitrogen and oxygen atoms in total. The van der Waals surface area contributed by atoms with E-state index < -0.39 is 17.6 Å². The highest BCUT2D eigenvalue weighted by Gasteiger charge is 2.38. The van der Waals surface area contributed by atoms with Crippen molar-refractivity contribution in [3.05, 3.63) is 35.2 Å². The summed E-state index contributed by atoms with van der Waals surface area (Å²) < 4.78 is 61.1. The minimum atomic E-state index is -4.76. The lowest BCUT2D eigenvalue weighted by Crippen LogP contribution is -2.30. The Kier molecular flexibility index (Phi) is 9.44. The van der Waals surface area contributed by atoms with Crippen molar-refractivity contribution in [1.82, 2.24) is 0 Å². The summed E-state index contributed by atoms with van der Waals surface area (Å²) >= 11 is 0. The first-order valence-corrected chi connectivity index (χ1v) is 14.4. The number of hydrogen-bond donors (Lipinski definition) is 0. The van der Waals surface area contributed by atoms with E-state index in [2.05, 4.69) is 6.92 Å². The van der Waals surface area contributed by atoms with Gasteiger partial charge in [-0.3, -0.25) is 0 Å². The van der Waals surface area contributed by atoms with Gasteiger partial charge in [-0.2, -0.15) is 13.2 Å². The normalized spacial score (nSPS) is 32.1. The number of halogens is 4. The van der Waals surface area contributed by atoms with Crippen LogP contribution in [-0.4, -0.2) is 6.61 Å². The third kappa shape index (κ3) is 6.86. The molecule has 0 aliphatic heterocycles. The summed E-state index contributed by atoms with van der Waals surface area (Å²) in [6.45, 7) is 4.51. The monoisotopic (exact) mass is 508 g/mol. The van der Waals surface area contributed by atoms with Crippen molar-refractivity contribution in [2.24, 2.45) is 35.5 Å². The van der Waals surface area contributed by atoms with Gasteiger partial charge in [-0.1, -0.05) is 44.9 Å². The molecule has 1 aromatic carbocycles. The van der Waals surface area contributed by atoms with Crippen LogP contribution >= 0.6 is 0 Å². The van der Waals surface area contributed by atoms with Gasteiger partial charge in [-0.25, -0.2) is 4.39 Å². The van der Waals surface area contributed by atoms with Crippen molar-refractivity contribution in [1.29, 1.82) is 0 Å². The van der Waals surface area contributed by atoms with Crippen LogP contribution in [0.5, 0.6) is 5.75 Å². The number of hydrogen-bond acceptors (Lipinski definition) is 1. The molecule has 0 atom stereocenters. The van der Waals surface area contributed by atoms with Crippen LogP contribution in [0.2, 0.25) is 0 Å². The lowest BCUT2D eigenvalue weighted by Gasteiger charge is -2.41. The lowest BCUT2D eigenvalue weighted by molar-refractivity contribution is -0.140. The van der Waals surface area contributed by atoms with Crippen LogP contribution in [0, 0.1) is 41.3 Å². The topological polar surface area (TPSA) is 9.23 Å².